The van der Waals surface area contributed by atoms with Crippen LogP contribution < -0.4 is 28.4 Å². The van der Waals surface area contributed by atoms with Gasteiger partial charge in [-0.15, -0.1) is 0 Å². The average Bonchev–Trinajstić information content (AvgIpc) is 3.68. The topological polar surface area (TPSA) is 65.1 Å². The Morgan fingerprint density at radius 3 is 2.06 bits per heavy atom. The number of hydrogen-bond donors (Lipinski definition) is 0. The van der Waals surface area contributed by atoms with Gasteiger partial charge in [-0.25, -0.2) is 0 Å². The van der Waals surface area contributed by atoms with Crippen molar-refractivity contribution in [2.24, 2.45) is 0 Å². The minimum Gasteiger partial charge on any atom is -0.493 e. The molecule has 0 spiro atoms. The first kappa shape index (κ1) is 34.6. The molecule has 4 aromatic carbocycles. The van der Waals surface area contributed by atoms with Crippen molar-refractivity contribution in [2.45, 2.75) is 57.2 Å². The Labute approximate surface area is 307 Å². The van der Waals surface area contributed by atoms with Crippen LogP contribution in [-0.2, 0) is 32.2 Å². The molecule has 5 heterocycles. The van der Waals surface area contributed by atoms with Crippen LogP contribution in [0.4, 0.5) is 0 Å². The maximum absolute atomic E-state index is 7.24. The number of hydrogen-bond acceptors (Lipinski definition) is 9. The molecule has 4 aromatic rings. The van der Waals surface area contributed by atoms with E-state index in [1.54, 1.807) is 28.4 Å². The Bertz CT molecular complexity index is 1940. The van der Waals surface area contributed by atoms with Gasteiger partial charge in [0.1, 0.15) is 5.75 Å². The SMILES string of the molecule is COc1ccc2cc1Oc1ccc(cc1)C[C@H]1c3cc(c(OC)cc3CCN1C)Oc1c(OC)c(OC)c(CN3CCCC3)c3c1[C@H](C2)N(C)CC3. The highest BCUT2D eigenvalue weighted by Crippen LogP contribution is 2.54. The van der Waals surface area contributed by atoms with Crippen LogP contribution in [0, 0.1) is 0 Å². The van der Waals surface area contributed by atoms with Gasteiger partial charge in [0.05, 0.1) is 28.4 Å². The van der Waals surface area contributed by atoms with E-state index in [-0.39, 0.29) is 12.1 Å². The van der Waals surface area contributed by atoms with E-state index >= 15 is 0 Å². The van der Waals surface area contributed by atoms with Crippen molar-refractivity contribution in [3.8, 4) is 46.0 Å². The standard InChI is InChI=1S/C43H51N3O6/c1-44-19-15-29-24-37(48-4)39-25-32(29)34(44)21-27-9-12-30(13-10-27)51-38-23-28(11-14-36(38)47-3)22-35-40-31(16-20-45(35)2)33(26-46-17-7-8-18-46)41(49-5)43(50-6)42(40)52-39/h9-14,23-25,34-35H,7-8,15-22,26H2,1-6H3/t34-,35-/m0/s1. The van der Waals surface area contributed by atoms with E-state index in [0.717, 1.165) is 86.8 Å². The van der Waals surface area contributed by atoms with Crippen LogP contribution in [0.15, 0.2) is 54.6 Å². The van der Waals surface area contributed by atoms with Crippen molar-refractivity contribution < 1.29 is 28.4 Å². The van der Waals surface area contributed by atoms with Gasteiger partial charge in [-0.1, -0.05) is 18.2 Å². The molecule has 5 aliphatic rings. The van der Waals surface area contributed by atoms with Crippen LogP contribution >= 0.6 is 0 Å². The Morgan fingerprint density at radius 2 is 1.33 bits per heavy atom. The molecular formula is C43H51N3O6. The number of fused-ring (bicyclic) bond motifs is 2. The maximum atomic E-state index is 7.24. The van der Waals surface area contributed by atoms with Crippen molar-refractivity contribution >= 4 is 0 Å². The molecule has 0 aliphatic carbocycles. The first-order chi connectivity index (χ1) is 25.4. The second-order valence-corrected chi connectivity index (χ2v) is 14.7. The Hall–Kier alpha value is -4.44. The average molecular weight is 706 g/mol. The first-order valence-electron chi connectivity index (χ1n) is 18.6. The van der Waals surface area contributed by atoms with Gasteiger partial charge in [-0.05, 0) is 130 Å². The molecule has 0 radical (unpaired) electrons. The number of likely N-dealkylation sites (tertiary alicyclic amines) is 1. The smallest absolute Gasteiger partial charge is 0.204 e. The highest BCUT2D eigenvalue weighted by Gasteiger charge is 2.37. The van der Waals surface area contributed by atoms with E-state index in [9.17, 15) is 0 Å². The van der Waals surface area contributed by atoms with Gasteiger partial charge in [0.25, 0.3) is 0 Å². The molecule has 9 heteroatoms. The number of ether oxygens (including phenoxy) is 6. The number of nitrogens with zero attached hydrogens (tertiary/aromatic N) is 3. The minimum atomic E-state index is -0.0159. The van der Waals surface area contributed by atoms with Crippen LogP contribution in [0.5, 0.6) is 46.0 Å². The molecule has 1 saturated heterocycles. The van der Waals surface area contributed by atoms with E-state index < -0.39 is 0 Å². The van der Waals surface area contributed by atoms with Crippen molar-refractivity contribution in [1.82, 2.24) is 14.7 Å². The lowest BCUT2D eigenvalue weighted by molar-refractivity contribution is 0.217. The predicted molar refractivity (Wildman–Crippen MR) is 202 cm³/mol. The van der Waals surface area contributed by atoms with Crippen molar-refractivity contribution in [1.29, 1.82) is 0 Å². The van der Waals surface area contributed by atoms with Crippen LogP contribution in [0.3, 0.4) is 0 Å². The molecule has 0 N–H and O–H groups in total. The fourth-order valence-electron chi connectivity index (χ4n) is 8.84. The van der Waals surface area contributed by atoms with E-state index in [1.165, 1.54) is 40.7 Å². The molecule has 6 bridgehead atoms. The third kappa shape index (κ3) is 6.33. The molecule has 0 aromatic heterocycles. The number of rotatable bonds is 6. The van der Waals surface area contributed by atoms with Gasteiger partial charge < -0.3 is 28.4 Å². The molecule has 0 saturated carbocycles. The fraction of sp³-hybridized carbons (Fsp3) is 0.442. The lowest BCUT2D eigenvalue weighted by Gasteiger charge is -2.39. The van der Waals surface area contributed by atoms with Gasteiger partial charge in [-0.2, -0.15) is 0 Å². The van der Waals surface area contributed by atoms with E-state index in [4.69, 9.17) is 28.4 Å². The predicted octanol–water partition coefficient (Wildman–Crippen LogP) is 7.76. The summed E-state index contributed by atoms with van der Waals surface area (Å²) >= 11 is 0. The zero-order chi connectivity index (χ0) is 35.9. The van der Waals surface area contributed by atoms with Crippen molar-refractivity contribution in [3.63, 3.8) is 0 Å². The molecule has 0 amide bonds. The van der Waals surface area contributed by atoms with E-state index in [1.807, 2.05) is 6.07 Å². The fourth-order valence-corrected chi connectivity index (χ4v) is 8.84. The highest BCUT2D eigenvalue weighted by atomic mass is 16.5. The van der Waals surface area contributed by atoms with Crippen molar-refractivity contribution in [2.75, 3.05) is 68.7 Å². The summed E-state index contributed by atoms with van der Waals surface area (Å²) in [6.07, 6.45) is 5.83. The van der Waals surface area contributed by atoms with Crippen LogP contribution in [0.1, 0.15) is 63.9 Å². The van der Waals surface area contributed by atoms with E-state index in [2.05, 4.69) is 77.3 Å². The summed E-state index contributed by atoms with van der Waals surface area (Å²) in [5.74, 6) is 5.64. The van der Waals surface area contributed by atoms with Gasteiger partial charge in [-0.3, -0.25) is 14.7 Å². The summed E-state index contributed by atoms with van der Waals surface area (Å²) in [7, 11) is 11.3. The molecule has 0 unspecified atom stereocenters. The third-order valence-corrected chi connectivity index (χ3v) is 11.7. The molecule has 2 atom stereocenters. The first-order valence-corrected chi connectivity index (χ1v) is 18.6. The summed E-state index contributed by atoms with van der Waals surface area (Å²) in [6.45, 7) is 4.85. The monoisotopic (exact) mass is 705 g/mol. The second kappa shape index (κ2) is 14.5. The van der Waals surface area contributed by atoms with Gasteiger partial charge in [0.2, 0.25) is 5.75 Å². The quantitative estimate of drug-likeness (QED) is 0.200. The van der Waals surface area contributed by atoms with Crippen LogP contribution in [-0.4, -0.2) is 83.4 Å². The molecule has 1 fully saturated rings. The molecule has 9 rings (SSSR count). The number of benzene rings is 4. The van der Waals surface area contributed by atoms with Gasteiger partial charge in [0.15, 0.2) is 34.5 Å². The minimum absolute atomic E-state index is 0.0159. The summed E-state index contributed by atoms with van der Waals surface area (Å²) in [4.78, 5) is 7.43. The Balaban J connectivity index is 1.37. The zero-order valence-electron chi connectivity index (χ0n) is 31.4. The second-order valence-electron chi connectivity index (χ2n) is 14.7. The molecule has 52 heavy (non-hydrogen) atoms. The molecule has 5 aliphatic heterocycles. The lowest BCUT2D eigenvalue weighted by atomic mass is 9.84. The van der Waals surface area contributed by atoms with E-state index in [0.29, 0.717) is 28.7 Å². The zero-order valence-corrected chi connectivity index (χ0v) is 31.4. The Kier molecular flexibility index (Phi) is 9.68. The molecular weight excluding hydrogens is 654 g/mol. The summed E-state index contributed by atoms with van der Waals surface area (Å²) < 4.78 is 38.3. The highest BCUT2D eigenvalue weighted by molar-refractivity contribution is 5.67. The lowest BCUT2D eigenvalue weighted by Crippen LogP contribution is -2.35. The van der Waals surface area contributed by atoms with Gasteiger partial charge >= 0.3 is 0 Å². The maximum Gasteiger partial charge on any atom is 0.204 e. The van der Waals surface area contributed by atoms with Crippen molar-refractivity contribution in [3.05, 3.63) is 93.5 Å². The summed E-state index contributed by atoms with van der Waals surface area (Å²) in [6, 6.07) is 19.3. The number of methoxy groups -OCH3 is 4. The molecule has 274 valence electrons. The third-order valence-electron chi connectivity index (χ3n) is 11.7. The van der Waals surface area contributed by atoms with Crippen LogP contribution in [0.2, 0.25) is 0 Å². The Morgan fingerprint density at radius 1 is 0.654 bits per heavy atom. The largest absolute Gasteiger partial charge is 0.493 e. The normalized spacial score (nSPS) is 20.3. The van der Waals surface area contributed by atoms with Gasteiger partial charge in [0, 0.05) is 42.8 Å². The summed E-state index contributed by atoms with van der Waals surface area (Å²) in [5, 5.41) is 0. The van der Waals surface area contributed by atoms with Crippen LogP contribution in [0.25, 0.3) is 0 Å². The summed E-state index contributed by atoms with van der Waals surface area (Å²) in [5.41, 5.74) is 8.54. The molecule has 9 nitrogen and oxygen atoms in total. The number of likely N-dealkylation sites (N-methyl/N-ethyl adjacent to an activating group) is 2.